The number of aliphatic hydroxyl groups is 1. The average Bonchev–Trinajstić information content (AvgIpc) is 2.86. The highest BCUT2D eigenvalue weighted by atomic mass is 32.2. The highest BCUT2D eigenvalue weighted by Crippen LogP contribution is 2.20. The van der Waals surface area contributed by atoms with Crippen LogP contribution in [0.4, 0.5) is 0 Å². The molecule has 0 aromatic carbocycles. The van der Waals surface area contributed by atoms with Crippen molar-refractivity contribution in [2.45, 2.75) is 37.6 Å². The minimum atomic E-state index is -0.574. The molecule has 1 aromatic rings. The third-order valence-corrected chi connectivity index (χ3v) is 3.89. The molecule has 1 aliphatic rings. The van der Waals surface area contributed by atoms with Gasteiger partial charge >= 0.3 is 0 Å². The average molecular weight is 283 g/mol. The quantitative estimate of drug-likeness (QED) is 0.756. The van der Waals surface area contributed by atoms with Crippen molar-refractivity contribution in [3.8, 4) is 0 Å². The Labute approximate surface area is 115 Å². The number of aromatic nitrogens is 2. The Hall–Kier alpha value is -1.34. The van der Waals surface area contributed by atoms with Crippen molar-refractivity contribution in [3.05, 3.63) is 22.1 Å². The van der Waals surface area contributed by atoms with E-state index in [9.17, 15) is 14.7 Å². The first kappa shape index (κ1) is 14.1. The summed E-state index contributed by atoms with van der Waals surface area (Å²) in [5, 5.41) is 12.8. The van der Waals surface area contributed by atoms with Crippen LogP contribution in [0.15, 0.2) is 16.1 Å². The van der Waals surface area contributed by atoms with Crippen LogP contribution in [0.5, 0.6) is 0 Å². The first-order valence-corrected chi connectivity index (χ1v) is 7.31. The van der Waals surface area contributed by atoms with E-state index in [0.29, 0.717) is 18.1 Å². The highest BCUT2D eigenvalue weighted by molar-refractivity contribution is 7.99. The summed E-state index contributed by atoms with van der Waals surface area (Å²) < 4.78 is 1.52. The molecule has 0 saturated carbocycles. The number of rotatable bonds is 5. The first-order valence-electron chi connectivity index (χ1n) is 6.32. The minimum Gasteiger partial charge on any atom is -0.391 e. The second-order valence-electron chi connectivity index (χ2n) is 4.41. The molecular weight excluding hydrogens is 266 g/mol. The van der Waals surface area contributed by atoms with Crippen molar-refractivity contribution in [1.29, 1.82) is 0 Å². The fourth-order valence-electron chi connectivity index (χ4n) is 1.91. The Morgan fingerprint density at radius 1 is 1.68 bits per heavy atom. The molecule has 19 heavy (non-hydrogen) atoms. The lowest BCUT2D eigenvalue weighted by Crippen LogP contribution is -2.37. The fourth-order valence-corrected chi connectivity index (χ4v) is 2.83. The number of nitrogens with one attached hydrogen (secondary N) is 1. The fraction of sp³-hybridized carbons (Fsp3) is 0.583. The van der Waals surface area contributed by atoms with E-state index in [-0.39, 0.29) is 17.7 Å². The molecular formula is C12H17N3O3S. The van der Waals surface area contributed by atoms with Crippen LogP contribution >= 0.6 is 11.8 Å². The lowest BCUT2D eigenvalue weighted by molar-refractivity contribution is 0.0907. The minimum absolute atomic E-state index is 0.0370. The number of amides is 1. The molecule has 0 spiro atoms. The van der Waals surface area contributed by atoms with Gasteiger partial charge in [0.2, 0.25) is 0 Å². The topological polar surface area (TPSA) is 84.2 Å². The number of nitrogens with zero attached hydrogens (tertiary/aromatic N) is 2. The maximum Gasteiger partial charge on any atom is 0.267 e. The van der Waals surface area contributed by atoms with Gasteiger partial charge in [0, 0.05) is 25.0 Å². The molecule has 2 rings (SSSR count). The predicted octanol–water partition coefficient (Wildman–Crippen LogP) is 0.240. The molecule has 6 nitrogen and oxygen atoms in total. The molecule has 7 heteroatoms. The van der Waals surface area contributed by atoms with Gasteiger partial charge < -0.3 is 10.4 Å². The molecule has 0 fully saturated rings. The van der Waals surface area contributed by atoms with Crippen molar-refractivity contribution in [2.75, 3.05) is 12.3 Å². The normalized spacial score (nSPS) is 15.1. The number of fused-ring (bicyclic) bond motifs is 1. The van der Waals surface area contributed by atoms with Crippen LogP contribution in [0.25, 0.3) is 0 Å². The predicted molar refractivity (Wildman–Crippen MR) is 72.5 cm³/mol. The molecule has 104 valence electrons. The van der Waals surface area contributed by atoms with Gasteiger partial charge in [-0.15, -0.1) is 0 Å². The molecule has 1 aromatic heterocycles. The molecule has 1 amide bonds. The lowest BCUT2D eigenvalue weighted by Gasteiger charge is -2.10. The standard InChI is InChI=1S/C12H17N3O3S/c1-2-3-8(16)6-13-10(17)9-7-14-12-15(11(9)18)4-5-19-12/h7-8,16H,2-6H2,1H3,(H,13,17). The van der Waals surface area contributed by atoms with Gasteiger partial charge in [0.1, 0.15) is 5.56 Å². The van der Waals surface area contributed by atoms with Crippen LogP contribution in [0.1, 0.15) is 30.1 Å². The molecule has 1 aliphatic heterocycles. The summed E-state index contributed by atoms with van der Waals surface area (Å²) in [5.41, 5.74) is -0.271. The van der Waals surface area contributed by atoms with Gasteiger partial charge in [-0.3, -0.25) is 14.2 Å². The van der Waals surface area contributed by atoms with E-state index in [4.69, 9.17) is 0 Å². The Kier molecular flexibility index (Phi) is 4.60. The van der Waals surface area contributed by atoms with Crippen molar-refractivity contribution < 1.29 is 9.90 Å². The molecule has 0 aliphatic carbocycles. The third kappa shape index (κ3) is 3.16. The first-order chi connectivity index (χ1) is 9.13. The molecule has 1 unspecified atom stereocenters. The largest absolute Gasteiger partial charge is 0.391 e. The summed E-state index contributed by atoms with van der Waals surface area (Å²) >= 11 is 1.51. The maximum absolute atomic E-state index is 12.1. The van der Waals surface area contributed by atoms with E-state index in [0.717, 1.165) is 12.2 Å². The summed E-state index contributed by atoms with van der Waals surface area (Å²) in [6, 6.07) is 0. The number of hydrogen-bond donors (Lipinski definition) is 2. The van der Waals surface area contributed by atoms with E-state index in [2.05, 4.69) is 10.3 Å². The van der Waals surface area contributed by atoms with Crippen LogP contribution in [0, 0.1) is 0 Å². The van der Waals surface area contributed by atoms with Crippen molar-refractivity contribution in [2.24, 2.45) is 0 Å². The Morgan fingerprint density at radius 2 is 2.47 bits per heavy atom. The van der Waals surface area contributed by atoms with Crippen LogP contribution in [-0.2, 0) is 6.54 Å². The van der Waals surface area contributed by atoms with Gasteiger partial charge in [-0.2, -0.15) is 0 Å². The Morgan fingerprint density at radius 3 is 3.21 bits per heavy atom. The van der Waals surface area contributed by atoms with Crippen molar-refractivity contribution in [1.82, 2.24) is 14.9 Å². The highest BCUT2D eigenvalue weighted by Gasteiger charge is 2.20. The van der Waals surface area contributed by atoms with E-state index < -0.39 is 12.0 Å². The van der Waals surface area contributed by atoms with E-state index in [1.54, 1.807) is 0 Å². The lowest BCUT2D eigenvalue weighted by atomic mass is 10.2. The van der Waals surface area contributed by atoms with E-state index >= 15 is 0 Å². The Bertz CT molecular complexity index is 529. The molecule has 0 saturated heterocycles. The Balaban J connectivity index is 2.06. The second kappa shape index (κ2) is 6.21. The summed E-state index contributed by atoms with van der Waals surface area (Å²) in [7, 11) is 0. The van der Waals surface area contributed by atoms with Gasteiger partial charge in [0.25, 0.3) is 11.5 Å². The van der Waals surface area contributed by atoms with Gasteiger partial charge in [-0.25, -0.2) is 4.98 Å². The van der Waals surface area contributed by atoms with Crippen LogP contribution in [0.3, 0.4) is 0 Å². The number of carbonyl (C=O) groups excluding carboxylic acids is 1. The summed E-state index contributed by atoms with van der Waals surface area (Å²) in [4.78, 5) is 28.1. The monoisotopic (exact) mass is 283 g/mol. The summed E-state index contributed by atoms with van der Waals surface area (Å²) in [6.07, 6.45) is 2.21. The van der Waals surface area contributed by atoms with Gasteiger partial charge in [0.15, 0.2) is 5.16 Å². The zero-order valence-electron chi connectivity index (χ0n) is 10.8. The van der Waals surface area contributed by atoms with Crippen molar-refractivity contribution in [3.63, 3.8) is 0 Å². The maximum atomic E-state index is 12.1. The van der Waals surface area contributed by atoms with Gasteiger partial charge in [-0.05, 0) is 6.42 Å². The zero-order chi connectivity index (χ0) is 13.8. The summed E-state index contributed by atoms with van der Waals surface area (Å²) in [5.74, 6) is 0.336. The zero-order valence-corrected chi connectivity index (χ0v) is 11.6. The second-order valence-corrected chi connectivity index (χ2v) is 5.47. The molecule has 2 heterocycles. The summed E-state index contributed by atoms with van der Waals surface area (Å²) in [6.45, 7) is 2.70. The molecule has 1 atom stereocenters. The molecule has 2 N–H and O–H groups in total. The van der Waals surface area contributed by atoms with Crippen molar-refractivity contribution >= 4 is 17.7 Å². The SMILES string of the molecule is CCCC(O)CNC(=O)c1cnc2n(c1=O)CCS2. The van der Waals surface area contributed by atoms with Crippen LogP contribution < -0.4 is 10.9 Å². The van der Waals surface area contributed by atoms with Gasteiger partial charge in [-0.1, -0.05) is 25.1 Å². The number of carbonyl (C=O) groups is 1. The number of hydrogen-bond acceptors (Lipinski definition) is 5. The number of thioether (sulfide) groups is 1. The van der Waals surface area contributed by atoms with E-state index in [1.165, 1.54) is 22.5 Å². The van der Waals surface area contributed by atoms with Gasteiger partial charge in [0.05, 0.1) is 6.10 Å². The van der Waals surface area contributed by atoms with Crippen LogP contribution in [-0.4, -0.2) is 39.0 Å². The molecule has 0 radical (unpaired) electrons. The number of aliphatic hydroxyl groups excluding tert-OH is 1. The smallest absolute Gasteiger partial charge is 0.267 e. The van der Waals surface area contributed by atoms with Crippen LogP contribution in [0.2, 0.25) is 0 Å². The van der Waals surface area contributed by atoms with E-state index in [1.807, 2.05) is 6.92 Å². The third-order valence-electron chi connectivity index (χ3n) is 2.92. The molecule has 0 bridgehead atoms.